The molecule has 0 saturated heterocycles. The zero-order chi connectivity index (χ0) is 22.2. The van der Waals surface area contributed by atoms with Crippen molar-refractivity contribution in [2.75, 3.05) is 19.0 Å². The fraction of sp³-hybridized carbons (Fsp3) is 0.556. The van der Waals surface area contributed by atoms with E-state index in [4.69, 9.17) is 14.0 Å². The fourth-order valence-corrected chi connectivity index (χ4v) is 2.23. The smallest absolute Gasteiger partial charge is 0.481 e. The molecule has 2 N–H and O–H groups in total. The van der Waals surface area contributed by atoms with Gasteiger partial charge < -0.3 is 21.5 Å². The Kier molecular flexibility index (Phi) is 19.7. The molecule has 0 aromatic heterocycles. The van der Waals surface area contributed by atoms with Crippen LogP contribution in [0.2, 0.25) is 0 Å². The second-order valence-electron chi connectivity index (χ2n) is 5.69. The largest absolute Gasteiger partial charge is 1.00 e. The summed E-state index contributed by atoms with van der Waals surface area (Å²) < 4.78 is 37.3. The van der Waals surface area contributed by atoms with E-state index in [1.807, 2.05) is 0 Å². The second kappa shape index (κ2) is 17.6. The van der Waals surface area contributed by atoms with Crippen LogP contribution in [0.15, 0.2) is 24.3 Å². The van der Waals surface area contributed by atoms with E-state index in [1.165, 1.54) is 24.3 Å². The molecule has 162 valence electrons. The van der Waals surface area contributed by atoms with Crippen LogP contribution in [-0.2, 0) is 34.0 Å². The average molecular weight is 444 g/mol. The van der Waals surface area contributed by atoms with Crippen molar-refractivity contribution in [1.29, 1.82) is 0 Å². The van der Waals surface area contributed by atoms with Gasteiger partial charge in [0.1, 0.15) is 18.6 Å². The molecule has 0 aliphatic carbocycles. The molecule has 0 aliphatic heterocycles. The van der Waals surface area contributed by atoms with Gasteiger partial charge in [0.15, 0.2) is 0 Å². The van der Waals surface area contributed by atoms with Crippen molar-refractivity contribution >= 4 is 28.0 Å². The van der Waals surface area contributed by atoms with Crippen LogP contribution in [-0.4, -0.2) is 55.0 Å². The maximum absolute atomic E-state index is 11.5. The molecular weight excluding hydrogens is 415 g/mol. The van der Waals surface area contributed by atoms with Crippen molar-refractivity contribution in [3.63, 3.8) is 0 Å². The zero-order valence-corrected chi connectivity index (χ0v) is 20.2. The summed E-state index contributed by atoms with van der Waals surface area (Å²) in [5.41, 5.74) is -1.43. The maximum atomic E-state index is 11.5. The molecule has 0 heterocycles. The van der Waals surface area contributed by atoms with E-state index in [-0.39, 0.29) is 61.4 Å². The summed E-state index contributed by atoms with van der Waals surface area (Å²) in [6.45, 7) is 7.65. The monoisotopic (exact) mass is 444 g/mol. The van der Waals surface area contributed by atoms with Crippen LogP contribution in [0.1, 0.15) is 40.0 Å². The molecule has 0 spiro atoms. The Balaban J connectivity index is -0.000000721. The Morgan fingerprint density at radius 1 is 1.03 bits per heavy atom. The molecule has 0 bridgehead atoms. The molecule has 0 aliphatic rings. The normalized spacial score (nSPS) is 13.0. The summed E-state index contributed by atoms with van der Waals surface area (Å²) in [6.07, 6.45) is 6.39. The number of allylic oxidation sites excluding steroid dienone is 2. The van der Waals surface area contributed by atoms with E-state index in [0.717, 1.165) is 0 Å². The van der Waals surface area contributed by atoms with Gasteiger partial charge >= 0.3 is 47.5 Å². The quantitative estimate of drug-likeness (QED) is 0.138. The van der Waals surface area contributed by atoms with Crippen LogP contribution < -0.4 is 29.6 Å². The van der Waals surface area contributed by atoms with Crippen molar-refractivity contribution in [3.05, 3.63) is 31.2 Å². The molecule has 0 amide bonds. The molecule has 29 heavy (non-hydrogen) atoms. The Hall–Kier alpha value is -1.20. The molecular formula is C18H29NaO9S. The van der Waals surface area contributed by atoms with Crippen molar-refractivity contribution in [3.8, 4) is 0 Å². The van der Waals surface area contributed by atoms with Crippen molar-refractivity contribution in [2.24, 2.45) is 5.41 Å². The van der Waals surface area contributed by atoms with Gasteiger partial charge in [-0.05, 0) is 20.3 Å². The van der Waals surface area contributed by atoms with Crippen molar-refractivity contribution in [2.45, 2.75) is 40.0 Å². The number of ether oxygens (including phenoxy) is 2. The molecule has 0 radical (unpaired) electrons. The van der Waals surface area contributed by atoms with Gasteiger partial charge in [-0.25, -0.2) is 9.59 Å². The predicted molar refractivity (Wildman–Crippen MR) is 103 cm³/mol. The summed E-state index contributed by atoms with van der Waals surface area (Å²) in [6, 6.07) is 0. The molecule has 0 unspecified atom stereocenters. The second-order valence-corrected chi connectivity index (χ2v) is 7.26. The van der Waals surface area contributed by atoms with Gasteiger partial charge in [-0.3, -0.25) is 9.35 Å². The van der Waals surface area contributed by atoms with E-state index < -0.39 is 33.4 Å². The number of rotatable bonds is 11. The summed E-state index contributed by atoms with van der Waals surface area (Å²) in [5, 5.41) is 9.42. The van der Waals surface area contributed by atoms with Gasteiger partial charge in [-0.1, -0.05) is 25.5 Å². The summed E-state index contributed by atoms with van der Waals surface area (Å²) >= 11 is 0. The van der Waals surface area contributed by atoms with Crippen LogP contribution in [0, 0.1) is 12.3 Å². The first kappa shape index (κ1) is 32.5. The standard InChI is InChI=1S/C15H22O6.C3H7O3S.Na/c1-4-7-12(16)20-10-15(9-6-3,14(18)19)11-21-13(17)8-5-2;1-2-3-7(4,5)6;/h4-5,7-8H,6,9-11H2,1-3H3,(H,18,19);1-3H2,(H,4,5,6);/q;-1;+1. The number of hydrogen-bond donors (Lipinski definition) is 2. The number of carboxylic acids is 1. The Morgan fingerprint density at radius 3 is 1.66 bits per heavy atom. The molecule has 11 heteroatoms. The van der Waals surface area contributed by atoms with Gasteiger partial charge in [0.25, 0.3) is 10.1 Å². The summed E-state index contributed by atoms with van der Waals surface area (Å²) in [5.74, 6) is -2.66. The zero-order valence-electron chi connectivity index (χ0n) is 17.4. The molecule has 0 fully saturated rings. The van der Waals surface area contributed by atoms with Gasteiger partial charge in [-0.15, -0.1) is 0 Å². The van der Waals surface area contributed by atoms with Gasteiger partial charge in [0, 0.05) is 17.9 Å². The Bertz CT molecular complexity index is 626. The molecule has 9 nitrogen and oxygen atoms in total. The number of aliphatic carboxylic acids is 1. The number of carbonyl (C=O) groups excluding carboxylic acids is 2. The first-order chi connectivity index (χ1) is 13.0. The van der Waals surface area contributed by atoms with Crippen molar-refractivity contribution in [1.82, 2.24) is 0 Å². The van der Waals surface area contributed by atoms with E-state index in [2.05, 4.69) is 6.92 Å². The Morgan fingerprint density at radius 2 is 1.45 bits per heavy atom. The molecule has 0 saturated carbocycles. The molecule has 0 aromatic carbocycles. The number of carboxylic acid groups (broad SMARTS) is 1. The third-order valence-electron chi connectivity index (χ3n) is 3.17. The third kappa shape index (κ3) is 17.4. The SMILES string of the molecule is CC=CC(=O)OCC(CCC)(COC(=O)C=CC)C(=O)O.[CH2-]CCS(=O)(=O)O.[Na+]. The van der Waals surface area contributed by atoms with Crippen LogP contribution in [0.4, 0.5) is 0 Å². The topological polar surface area (TPSA) is 144 Å². The van der Waals surface area contributed by atoms with E-state index in [9.17, 15) is 27.9 Å². The van der Waals surface area contributed by atoms with Gasteiger partial charge in [0.05, 0.1) is 0 Å². The molecule has 0 aromatic rings. The minimum Gasteiger partial charge on any atom is -0.481 e. The number of hydrogen-bond acceptors (Lipinski definition) is 7. The van der Waals surface area contributed by atoms with Crippen LogP contribution >= 0.6 is 0 Å². The van der Waals surface area contributed by atoms with E-state index >= 15 is 0 Å². The molecule has 0 atom stereocenters. The first-order valence-corrected chi connectivity index (χ1v) is 10.2. The van der Waals surface area contributed by atoms with Crippen LogP contribution in [0.5, 0.6) is 0 Å². The van der Waals surface area contributed by atoms with E-state index in [1.54, 1.807) is 20.8 Å². The summed E-state index contributed by atoms with van der Waals surface area (Å²) in [4.78, 5) is 34.2. The number of esters is 2. The van der Waals surface area contributed by atoms with Gasteiger partial charge in [-0.2, -0.15) is 14.8 Å². The maximum Gasteiger partial charge on any atom is 1.00 e. The van der Waals surface area contributed by atoms with E-state index in [0.29, 0.717) is 6.42 Å². The van der Waals surface area contributed by atoms with Gasteiger partial charge in [0.2, 0.25) is 0 Å². The average Bonchev–Trinajstić information content (AvgIpc) is 2.57. The fourth-order valence-electron chi connectivity index (χ4n) is 1.86. The minimum absolute atomic E-state index is 0. The first-order valence-electron chi connectivity index (χ1n) is 8.54. The predicted octanol–water partition coefficient (Wildman–Crippen LogP) is -0.802. The van der Waals surface area contributed by atoms with Crippen molar-refractivity contribution < 1.29 is 71.5 Å². The summed E-state index contributed by atoms with van der Waals surface area (Å²) in [7, 11) is -3.74. The molecule has 0 rings (SSSR count). The minimum atomic E-state index is -3.74. The van der Waals surface area contributed by atoms with Crippen LogP contribution in [0.25, 0.3) is 0 Å². The number of carbonyl (C=O) groups is 3. The third-order valence-corrected chi connectivity index (χ3v) is 3.98. The van der Waals surface area contributed by atoms with Crippen LogP contribution in [0.3, 0.4) is 0 Å². The Labute approximate surface area is 194 Å².